The monoisotopic (exact) mass is 280 g/mol. The van der Waals surface area contributed by atoms with E-state index in [2.05, 4.69) is 13.2 Å². The lowest BCUT2D eigenvalue weighted by Gasteiger charge is -2.20. The largest absolute Gasteiger partial charge is 0.490 e. The number of hydrogen-bond donors (Lipinski definition) is 0. The first-order valence-electron chi connectivity index (χ1n) is 6.11. The highest BCUT2D eigenvalue weighted by Gasteiger charge is 2.19. The topological polar surface area (TPSA) is 43.4 Å². The van der Waals surface area contributed by atoms with Gasteiger partial charge in [0.15, 0.2) is 9.84 Å². The summed E-state index contributed by atoms with van der Waals surface area (Å²) >= 11 is 0. The second kappa shape index (κ2) is 6.57. The average molecular weight is 280 g/mol. The molecule has 3 nitrogen and oxygen atoms in total. The number of sulfone groups is 1. The van der Waals surface area contributed by atoms with Gasteiger partial charge in [0, 0.05) is 0 Å². The van der Waals surface area contributed by atoms with Gasteiger partial charge in [0.2, 0.25) is 0 Å². The van der Waals surface area contributed by atoms with Crippen LogP contribution in [-0.4, -0.2) is 20.3 Å². The quantitative estimate of drug-likeness (QED) is 0.569. The van der Waals surface area contributed by atoms with E-state index >= 15 is 0 Å². The van der Waals surface area contributed by atoms with Gasteiger partial charge in [-0.3, -0.25) is 0 Å². The highest BCUT2D eigenvalue weighted by Crippen LogP contribution is 2.17. The minimum Gasteiger partial charge on any atom is -0.490 e. The molecule has 0 bridgehead atoms. The predicted molar refractivity (Wildman–Crippen MR) is 77.5 cm³/mol. The lowest BCUT2D eigenvalue weighted by atomic mass is 10.1. The van der Waals surface area contributed by atoms with Crippen molar-refractivity contribution in [3.8, 4) is 0 Å². The van der Waals surface area contributed by atoms with Crippen molar-refractivity contribution >= 4 is 9.84 Å². The second-order valence-corrected chi connectivity index (χ2v) is 6.66. The smallest absolute Gasteiger partial charge is 0.185 e. The highest BCUT2D eigenvalue weighted by atomic mass is 32.2. The maximum absolute atomic E-state index is 12.1. The van der Waals surface area contributed by atoms with Crippen LogP contribution in [0.25, 0.3) is 0 Å². The number of hydrogen-bond acceptors (Lipinski definition) is 3. The van der Waals surface area contributed by atoms with E-state index in [1.165, 1.54) is 0 Å². The molecule has 0 saturated heterocycles. The summed E-state index contributed by atoms with van der Waals surface area (Å²) in [5, 5.41) is 0. The number of ether oxygens (including phenoxy) is 1. The molecule has 19 heavy (non-hydrogen) atoms. The second-order valence-electron chi connectivity index (χ2n) is 4.67. The van der Waals surface area contributed by atoms with E-state index in [9.17, 15) is 8.42 Å². The Labute approximate surface area is 115 Å². The van der Waals surface area contributed by atoms with Gasteiger partial charge in [-0.1, -0.05) is 51.3 Å². The first-order valence-corrected chi connectivity index (χ1v) is 7.77. The molecule has 4 heteroatoms. The van der Waals surface area contributed by atoms with Crippen molar-refractivity contribution in [1.29, 1.82) is 0 Å². The third kappa shape index (κ3) is 4.56. The molecule has 0 fully saturated rings. The van der Waals surface area contributed by atoms with Crippen molar-refractivity contribution in [3.05, 3.63) is 55.3 Å². The highest BCUT2D eigenvalue weighted by molar-refractivity contribution is 7.91. The van der Waals surface area contributed by atoms with E-state index < -0.39 is 9.84 Å². The summed E-state index contributed by atoms with van der Waals surface area (Å²) in [6, 6.07) is 8.29. The van der Waals surface area contributed by atoms with Crippen LogP contribution >= 0.6 is 0 Å². The van der Waals surface area contributed by atoms with Crippen LogP contribution in [0.15, 0.2) is 60.2 Å². The van der Waals surface area contributed by atoms with E-state index in [-0.39, 0.29) is 28.4 Å². The Morgan fingerprint density at radius 2 is 1.89 bits per heavy atom. The zero-order chi connectivity index (χ0) is 14.5. The standard InChI is InChI=1S/C15H20O3S/c1-5-15(12(2)3)18-13(4)11-19(16,17)14-9-7-6-8-10-14/h5-10,12,15H,1,4,11H2,2-3H3. The van der Waals surface area contributed by atoms with Crippen molar-refractivity contribution in [2.75, 3.05) is 5.75 Å². The van der Waals surface area contributed by atoms with E-state index in [4.69, 9.17) is 4.74 Å². The fraction of sp³-hybridized carbons (Fsp3) is 0.333. The number of benzene rings is 1. The maximum atomic E-state index is 12.1. The molecule has 0 spiro atoms. The molecule has 0 N–H and O–H groups in total. The lowest BCUT2D eigenvalue weighted by molar-refractivity contribution is 0.119. The Kier molecular flexibility index (Phi) is 5.36. The van der Waals surface area contributed by atoms with Gasteiger partial charge in [-0.05, 0) is 18.1 Å². The summed E-state index contributed by atoms with van der Waals surface area (Å²) in [4.78, 5) is 0.277. The summed E-state index contributed by atoms with van der Waals surface area (Å²) < 4.78 is 29.8. The molecule has 0 aliphatic rings. The minimum atomic E-state index is -3.40. The molecule has 0 saturated carbocycles. The van der Waals surface area contributed by atoms with Crippen molar-refractivity contribution in [1.82, 2.24) is 0 Å². The van der Waals surface area contributed by atoms with E-state index in [1.807, 2.05) is 13.8 Å². The summed E-state index contributed by atoms with van der Waals surface area (Å²) in [6.07, 6.45) is 1.43. The van der Waals surface area contributed by atoms with E-state index in [1.54, 1.807) is 36.4 Å². The molecule has 1 rings (SSSR count). The van der Waals surface area contributed by atoms with Crippen molar-refractivity contribution in [2.45, 2.75) is 24.8 Å². The van der Waals surface area contributed by atoms with Crippen LogP contribution in [0.1, 0.15) is 13.8 Å². The molecule has 1 aromatic rings. The van der Waals surface area contributed by atoms with Crippen molar-refractivity contribution in [3.63, 3.8) is 0 Å². The molecule has 1 unspecified atom stereocenters. The predicted octanol–water partition coefficient (Wildman–Crippen LogP) is 3.20. The van der Waals surface area contributed by atoms with Crippen LogP contribution < -0.4 is 0 Å². The van der Waals surface area contributed by atoms with Gasteiger partial charge < -0.3 is 4.74 Å². The molecule has 0 heterocycles. The molecule has 104 valence electrons. The van der Waals surface area contributed by atoms with Gasteiger partial charge in [-0.2, -0.15) is 0 Å². The van der Waals surface area contributed by atoms with Crippen LogP contribution in [0.3, 0.4) is 0 Å². The molecule has 0 aromatic heterocycles. The van der Waals surface area contributed by atoms with E-state index in [0.29, 0.717) is 0 Å². The molecule has 0 amide bonds. The summed E-state index contributed by atoms with van der Waals surface area (Å²) in [5.41, 5.74) is 0. The van der Waals surface area contributed by atoms with Crippen LogP contribution in [-0.2, 0) is 14.6 Å². The Morgan fingerprint density at radius 3 is 2.37 bits per heavy atom. The third-order valence-electron chi connectivity index (χ3n) is 2.65. The summed E-state index contributed by atoms with van der Waals surface area (Å²) in [6.45, 7) is 11.3. The molecule has 0 radical (unpaired) electrons. The van der Waals surface area contributed by atoms with Crippen LogP contribution in [0, 0.1) is 5.92 Å². The lowest BCUT2D eigenvalue weighted by Crippen LogP contribution is -2.19. The molecular formula is C15H20O3S. The Hall–Kier alpha value is -1.55. The zero-order valence-electron chi connectivity index (χ0n) is 11.4. The first-order chi connectivity index (χ1) is 8.86. The molecule has 1 atom stereocenters. The summed E-state index contributed by atoms with van der Waals surface area (Å²) in [7, 11) is -3.40. The molecule has 1 aromatic carbocycles. The van der Waals surface area contributed by atoms with Gasteiger partial charge in [0.25, 0.3) is 0 Å². The van der Waals surface area contributed by atoms with Gasteiger partial charge in [-0.25, -0.2) is 8.42 Å². The third-order valence-corrected chi connectivity index (χ3v) is 4.34. The van der Waals surface area contributed by atoms with Crippen molar-refractivity contribution in [2.24, 2.45) is 5.92 Å². The van der Waals surface area contributed by atoms with Crippen LogP contribution in [0.4, 0.5) is 0 Å². The Morgan fingerprint density at radius 1 is 1.32 bits per heavy atom. The van der Waals surface area contributed by atoms with Gasteiger partial charge in [0.05, 0.1) is 4.90 Å². The Bertz CT molecular complexity index is 530. The van der Waals surface area contributed by atoms with Crippen LogP contribution in [0.2, 0.25) is 0 Å². The first kappa shape index (κ1) is 15.5. The molecule has 0 aliphatic heterocycles. The van der Waals surface area contributed by atoms with Crippen molar-refractivity contribution < 1.29 is 13.2 Å². The fourth-order valence-electron chi connectivity index (χ4n) is 1.61. The zero-order valence-corrected chi connectivity index (χ0v) is 12.2. The fourth-order valence-corrected chi connectivity index (χ4v) is 2.84. The van der Waals surface area contributed by atoms with Gasteiger partial charge >= 0.3 is 0 Å². The molecular weight excluding hydrogens is 260 g/mol. The van der Waals surface area contributed by atoms with E-state index in [0.717, 1.165) is 0 Å². The average Bonchev–Trinajstić information content (AvgIpc) is 2.36. The normalized spacial score (nSPS) is 13.0. The number of rotatable bonds is 7. The molecule has 0 aliphatic carbocycles. The maximum Gasteiger partial charge on any atom is 0.185 e. The van der Waals surface area contributed by atoms with Gasteiger partial charge in [0.1, 0.15) is 17.6 Å². The minimum absolute atomic E-state index is 0.214. The summed E-state index contributed by atoms with van der Waals surface area (Å²) in [5.74, 6) is 0.241. The Balaban J connectivity index is 2.74. The SMILES string of the molecule is C=CC(OC(=C)CS(=O)(=O)c1ccccc1)C(C)C. The van der Waals surface area contributed by atoms with Gasteiger partial charge in [-0.15, -0.1) is 0 Å². The van der Waals surface area contributed by atoms with Crippen LogP contribution in [0.5, 0.6) is 0 Å².